The highest BCUT2D eigenvalue weighted by Crippen LogP contribution is 2.18. The van der Waals surface area contributed by atoms with Gasteiger partial charge in [0, 0.05) is 26.2 Å². The summed E-state index contributed by atoms with van der Waals surface area (Å²) in [5, 5.41) is 0. The van der Waals surface area contributed by atoms with Crippen LogP contribution in [0.2, 0.25) is 0 Å². The number of amides is 2. The van der Waals surface area contributed by atoms with E-state index in [1.54, 1.807) is 4.90 Å². The fraction of sp³-hybridized carbons (Fsp3) is 0.429. The normalized spacial score (nSPS) is 17.4. The third kappa shape index (κ3) is 2.70. The molecule has 1 atom stereocenters. The van der Waals surface area contributed by atoms with Gasteiger partial charge in [-0.3, -0.25) is 9.59 Å². The van der Waals surface area contributed by atoms with Crippen LogP contribution in [0.15, 0.2) is 30.3 Å². The standard InChI is InChI=1S/C14H18N2O2/c1-12(13-5-3-2-4-6-13)14(18)16-9-7-15(11-17)8-10-16/h2-6,11-12H,7-10H2,1H3. The minimum Gasteiger partial charge on any atom is -0.342 e. The molecule has 4 nitrogen and oxygen atoms in total. The van der Waals surface area contributed by atoms with Crippen molar-refractivity contribution < 1.29 is 9.59 Å². The molecule has 0 spiro atoms. The van der Waals surface area contributed by atoms with Gasteiger partial charge >= 0.3 is 0 Å². The molecule has 0 bridgehead atoms. The van der Waals surface area contributed by atoms with E-state index in [9.17, 15) is 9.59 Å². The van der Waals surface area contributed by atoms with Crippen LogP contribution in [0, 0.1) is 0 Å². The molecule has 1 fully saturated rings. The van der Waals surface area contributed by atoms with Gasteiger partial charge in [-0.25, -0.2) is 0 Å². The maximum absolute atomic E-state index is 12.3. The Bertz CT molecular complexity index is 411. The Morgan fingerprint density at radius 1 is 1.17 bits per heavy atom. The molecule has 4 heteroatoms. The molecule has 0 N–H and O–H groups in total. The molecule has 2 amide bonds. The fourth-order valence-electron chi connectivity index (χ4n) is 2.21. The molecule has 0 aliphatic carbocycles. The Balaban J connectivity index is 1.98. The summed E-state index contributed by atoms with van der Waals surface area (Å²) in [7, 11) is 0. The minimum absolute atomic E-state index is 0.117. The van der Waals surface area contributed by atoms with E-state index in [0.29, 0.717) is 26.2 Å². The topological polar surface area (TPSA) is 40.6 Å². The van der Waals surface area contributed by atoms with Gasteiger partial charge in [-0.05, 0) is 12.5 Å². The number of piperazine rings is 1. The lowest BCUT2D eigenvalue weighted by Crippen LogP contribution is -2.49. The van der Waals surface area contributed by atoms with Crippen LogP contribution in [-0.2, 0) is 9.59 Å². The van der Waals surface area contributed by atoms with Gasteiger partial charge in [-0.1, -0.05) is 30.3 Å². The molecule has 1 aromatic rings. The van der Waals surface area contributed by atoms with E-state index < -0.39 is 0 Å². The highest BCUT2D eigenvalue weighted by molar-refractivity contribution is 5.83. The van der Waals surface area contributed by atoms with Gasteiger partial charge in [-0.2, -0.15) is 0 Å². The number of nitrogens with zero attached hydrogens (tertiary/aromatic N) is 2. The Kier molecular flexibility index (Phi) is 3.97. The molecule has 0 aromatic heterocycles. The van der Waals surface area contributed by atoms with Gasteiger partial charge in [0.05, 0.1) is 5.92 Å². The summed E-state index contributed by atoms with van der Waals surface area (Å²) >= 11 is 0. The number of benzene rings is 1. The largest absolute Gasteiger partial charge is 0.342 e. The lowest BCUT2D eigenvalue weighted by Gasteiger charge is -2.34. The van der Waals surface area contributed by atoms with E-state index >= 15 is 0 Å². The Labute approximate surface area is 107 Å². The molecule has 1 aromatic carbocycles. The van der Waals surface area contributed by atoms with Crippen LogP contribution in [0.1, 0.15) is 18.4 Å². The Hall–Kier alpha value is -1.84. The van der Waals surface area contributed by atoms with Crippen molar-refractivity contribution in [3.05, 3.63) is 35.9 Å². The van der Waals surface area contributed by atoms with Crippen molar-refractivity contribution in [1.82, 2.24) is 9.80 Å². The average molecular weight is 246 g/mol. The second-order valence-electron chi connectivity index (χ2n) is 4.60. The molecule has 18 heavy (non-hydrogen) atoms. The first-order valence-electron chi connectivity index (χ1n) is 6.25. The van der Waals surface area contributed by atoms with Gasteiger partial charge in [0.1, 0.15) is 0 Å². The monoisotopic (exact) mass is 246 g/mol. The molecule has 1 aliphatic heterocycles. The molecule has 0 saturated carbocycles. The number of hydrogen-bond donors (Lipinski definition) is 0. The summed E-state index contributed by atoms with van der Waals surface area (Å²) < 4.78 is 0. The highest BCUT2D eigenvalue weighted by atomic mass is 16.2. The van der Waals surface area contributed by atoms with Crippen LogP contribution in [0.4, 0.5) is 0 Å². The number of rotatable bonds is 3. The van der Waals surface area contributed by atoms with Crippen LogP contribution in [0.5, 0.6) is 0 Å². The quantitative estimate of drug-likeness (QED) is 0.749. The molecule has 1 unspecified atom stereocenters. The zero-order valence-electron chi connectivity index (χ0n) is 10.6. The van der Waals surface area contributed by atoms with Crippen LogP contribution in [0.3, 0.4) is 0 Å². The zero-order chi connectivity index (χ0) is 13.0. The first kappa shape index (κ1) is 12.6. The smallest absolute Gasteiger partial charge is 0.229 e. The third-order valence-electron chi connectivity index (χ3n) is 3.45. The molecule has 1 heterocycles. The maximum atomic E-state index is 12.3. The zero-order valence-corrected chi connectivity index (χ0v) is 10.6. The second kappa shape index (κ2) is 5.67. The number of hydrogen-bond acceptors (Lipinski definition) is 2. The summed E-state index contributed by atoms with van der Waals surface area (Å²) in [5.41, 5.74) is 1.04. The first-order valence-corrected chi connectivity index (χ1v) is 6.25. The molecule has 2 rings (SSSR count). The predicted octanol–water partition coefficient (Wildman–Crippen LogP) is 1.09. The minimum atomic E-state index is -0.117. The summed E-state index contributed by atoms with van der Waals surface area (Å²) in [6.07, 6.45) is 0.850. The molecule has 96 valence electrons. The summed E-state index contributed by atoms with van der Waals surface area (Å²) in [4.78, 5) is 26.5. The van der Waals surface area contributed by atoms with E-state index in [1.165, 1.54) is 0 Å². The molecule has 1 saturated heterocycles. The third-order valence-corrected chi connectivity index (χ3v) is 3.45. The molecule has 1 aliphatic rings. The van der Waals surface area contributed by atoms with Crippen molar-refractivity contribution in [2.45, 2.75) is 12.8 Å². The first-order chi connectivity index (χ1) is 8.72. The van der Waals surface area contributed by atoms with Gasteiger partial charge in [0.25, 0.3) is 0 Å². The highest BCUT2D eigenvalue weighted by Gasteiger charge is 2.24. The molecule has 0 radical (unpaired) electrons. The van der Waals surface area contributed by atoms with Crippen LogP contribution in [0.25, 0.3) is 0 Å². The number of carbonyl (C=O) groups excluding carboxylic acids is 2. The second-order valence-corrected chi connectivity index (χ2v) is 4.60. The molecular formula is C14H18N2O2. The summed E-state index contributed by atoms with van der Waals surface area (Å²) in [6, 6.07) is 9.80. The lowest BCUT2D eigenvalue weighted by molar-refractivity contribution is -0.136. The fourth-order valence-corrected chi connectivity index (χ4v) is 2.21. The van der Waals surface area contributed by atoms with Crippen LogP contribution >= 0.6 is 0 Å². The van der Waals surface area contributed by atoms with Crippen molar-refractivity contribution in [1.29, 1.82) is 0 Å². The van der Waals surface area contributed by atoms with Crippen molar-refractivity contribution in [3.63, 3.8) is 0 Å². The van der Waals surface area contributed by atoms with Crippen LogP contribution in [-0.4, -0.2) is 48.3 Å². The average Bonchev–Trinajstić information content (AvgIpc) is 2.47. The summed E-state index contributed by atoms with van der Waals surface area (Å²) in [6.45, 7) is 4.47. The maximum Gasteiger partial charge on any atom is 0.229 e. The van der Waals surface area contributed by atoms with Gasteiger partial charge < -0.3 is 9.80 Å². The van der Waals surface area contributed by atoms with E-state index in [1.807, 2.05) is 42.2 Å². The SMILES string of the molecule is CC(C(=O)N1CCN(C=O)CC1)c1ccccc1. The number of carbonyl (C=O) groups is 2. The van der Waals surface area contributed by atoms with Crippen LogP contribution < -0.4 is 0 Å². The van der Waals surface area contributed by atoms with Gasteiger partial charge in [-0.15, -0.1) is 0 Å². The summed E-state index contributed by atoms with van der Waals surface area (Å²) in [5.74, 6) is 0.0285. The van der Waals surface area contributed by atoms with E-state index in [4.69, 9.17) is 0 Å². The molecular weight excluding hydrogens is 228 g/mol. The van der Waals surface area contributed by atoms with Crippen molar-refractivity contribution in [2.24, 2.45) is 0 Å². The van der Waals surface area contributed by atoms with Crippen molar-refractivity contribution >= 4 is 12.3 Å². The van der Waals surface area contributed by atoms with E-state index in [-0.39, 0.29) is 11.8 Å². The predicted molar refractivity (Wildman–Crippen MR) is 69.1 cm³/mol. The van der Waals surface area contributed by atoms with Gasteiger partial charge in [0.2, 0.25) is 12.3 Å². The van der Waals surface area contributed by atoms with E-state index in [2.05, 4.69) is 0 Å². The van der Waals surface area contributed by atoms with E-state index in [0.717, 1.165) is 12.0 Å². The van der Waals surface area contributed by atoms with Crippen molar-refractivity contribution in [3.8, 4) is 0 Å². The van der Waals surface area contributed by atoms with Gasteiger partial charge in [0.15, 0.2) is 0 Å². The van der Waals surface area contributed by atoms with Crippen molar-refractivity contribution in [2.75, 3.05) is 26.2 Å². The lowest BCUT2D eigenvalue weighted by atomic mass is 9.99. The Morgan fingerprint density at radius 2 is 1.78 bits per heavy atom. The Morgan fingerprint density at radius 3 is 2.33 bits per heavy atom.